The summed E-state index contributed by atoms with van der Waals surface area (Å²) in [4.78, 5) is 10.7. The lowest BCUT2D eigenvalue weighted by molar-refractivity contribution is -0.133. The first-order valence-electron chi connectivity index (χ1n) is 4.74. The average molecular weight is 190 g/mol. The quantitative estimate of drug-likeness (QED) is 0.360. The lowest BCUT2D eigenvalue weighted by Crippen LogP contribution is -1.96. The smallest absolute Gasteiger partial charge is 0.384 e. The summed E-state index contributed by atoms with van der Waals surface area (Å²) in [6.07, 6.45) is 7.15. The highest BCUT2D eigenvalue weighted by molar-refractivity contribution is 5.88. The second-order valence-corrected chi connectivity index (χ2v) is 3.11. The number of allylic oxidation sites excluding steroid dienone is 4. The van der Waals surface area contributed by atoms with Gasteiger partial charge in [-0.25, -0.2) is 4.79 Å². The van der Waals surface area contributed by atoms with Crippen LogP contribution < -0.4 is 0 Å². The lowest BCUT2D eigenvalue weighted by Gasteiger charge is -2.08. The number of rotatable bonds is 1. The van der Waals surface area contributed by atoms with Crippen LogP contribution in [0.1, 0.15) is 26.2 Å². The molecule has 1 aliphatic carbocycles. The van der Waals surface area contributed by atoms with Crippen molar-refractivity contribution in [2.24, 2.45) is 0 Å². The van der Waals surface area contributed by atoms with Crippen LogP contribution in [0.3, 0.4) is 0 Å². The van der Waals surface area contributed by atoms with Gasteiger partial charge in [-0.1, -0.05) is 30.6 Å². The molecule has 0 aromatic rings. The van der Waals surface area contributed by atoms with Crippen molar-refractivity contribution in [3.63, 3.8) is 0 Å². The highest BCUT2D eigenvalue weighted by atomic mass is 16.5. The largest absolute Gasteiger partial charge is 0.459 e. The molecule has 0 radical (unpaired) electrons. The molecule has 0 heterocycles. The number of carbonyl (C=O) groups excluding carboxylic acids is 1. The maximum absolute atomic E-state index is 10.7. The standard InChI is InChI=1S/C12H14O2/c1-3-10-4-6-11(7-5-10)8-9-12(13)14-2/h4,6H,3,5,7H2,1-2H3. The van der Waals surface area contributed by atoms with E-state index in [2.05, 4.69) is 29.6 Å². The minimum Gasteiger partial charge on any atom is -0.459 e. The van der Waals surface area contributed by atoms with Crippen molar-refractivity contribution >= 4 is 5.97 Å². The molecule has 0 unspecified atom stereocenters. The van der Waals surface area contributed by atoms with Gasteiger partial charge in [-0.15, -0.1) is 0 Å². The minimum atomic E-state index is -0.476. The van der Waals surface area contributed by atoms with Crippen molar-refractivity contribution in [1.29, 1.82) is 0 Å². The molecule has 0 amide bonds. The molecule has 0 spiro atoms. The number of methoxy groups -OCH3 is 1. The van der Waals surface area contributed by atoms with E-state index in [-0.39, 0.29) is 0 Å². The van der Waals surface area contributed by atoms with Crippen molar-refractivity contribution < 1.29 is 9.53 Å². The van der Waals surface area contributed by atoms with Crippen molar-refractivity contribution in [3.05, 3.63) is 23.3 Å². The molecule has 0 bridgehead atoms. The van der Waals surface area contributed by atoms with Crippen LogP contribution >= 0.6 is 0 Å². The summed E-state index contributed by atoms with van der Waals surface area (Å²) < 4.78 is 4.43. The predicted molar refractivity (Wildman–Crippen MR) is 55.5 cm³/mol. The Labute approximate surface area is 84.6 Å². The van der Waals surface area contributed by atoms with Crippen LogP contribution in [-0.4, -0.2) is 13.1 Å². The Morgan fingerprint density at radius 1 is 1.50 bits per heavy atom. The van der Waals surface area contributed by atoms with E-state index in [1.807, 2.05) is 6.08 Å². The van der Waals surface area contributed by atoms with Crippen molar-refractivity contribution in [3.8, 4) is 11.8 Å². The molecule has 0 aromatic heterocycles. The Hall–Kier alpha value is -1.49. The summed E-state index contributed by atoms with van der Waals surface area (Å²) in [5.41, 5.74) is 2.45. The van der Waals surface area contributed by atoms with Gasteiger partial charge in [-0.2, -0.15) is 0 Å². The Kier molecular flexibility index (Phi) is 4.00. The van der Waals surface area contributed by atoms with Crippen LogP contribution in [0.4, 0.5) is 0 Å². The van der Waals surface area contributed by atoms with Crippen LogP contribution in [0.15, 0.2) is 23.3 Å². The molecule has 1 rings (SSSR count). The highest BCUT2D eigenvalue weighted by Gasteiger charge is 2.02. The van der Waals surface area contributed by atoms with E-state index in [1.165, 1.54) is 12.7 Å². The lowest BCUT2D eigenvalue weighted by atomic mass is 9.97. The molecule has 0 saturated heterocycles. The highest BCUT2D eigenvalue weighted by Crippen LogP contribution is 2.19. The third kappa shape index (κ3) is 3.10. The summed E-state index contributed by atoms with van der Waals surface area (Å²) in [6, 6.07) is 0. The fourth-order valence-corrected chi connectivity index (χ4v) is 1.26. The minimum absolute atomic E-state index is 0.476. The van der Waals surface area contributed by atoms with Crippen molar-refractivity contribution in [2.75, 3.05) is 7.11 Å². The van der Waals surface area contributed by atoms with E-state index in [4.69, 9.17) is 0 Å². The number of hydrogen-bond donors (Lipinski definition) is 0. The third-order valence-corrected chi connectivity index (χ3v) is 2.20. The Morgan fingerprint density at radius 3 is 2.79 bits per heavy atom. The van der Waals surface area contributed by atoms with E-state index < -0.39 is 5.97 Å². The van der Waals surface area contributed by atoms with Gasteiger partial charge in [-0.3, -0.25) is 0 Å². The fourth-order valence-electron chi connectivity index (χ4n) is 1.26. The average Bonchev–Trinajstić information content (AvgIpc) is 2.26. The molecule has 2 heteroatoms. The maximum atomic E-state index is 10.7. The van der Waals surface area contributed by atoms with E-state index in [9.17, 15) is 4.79 Å². The molecule has 14 heavy (non-hydrogen) atoms. The van der Waals surface area contributed by atoms with Gasteiger partial charge in [0.2, 0.25) is 0 Å². The van der Waals surface area contributed by atoms with Gasteiger partial charge in [0, 0.05) is 11.5 Å². The van der Waals surface area contributed by atoms with Crippen LogP contribution in [-0.2, 0) is 9.53 Å². The molecule has 2 nitrogen and oxygen atoms in total. The Bertz CT molecular complexity index is 337. The summed E-state index contributed by atoms with van der Waals surface area (Å²) >= 11 is 0. The second kappa shape index (κ2) is 5.29. The van der Waals surface area contributed by atoms with E-state index >= 15 is 0 Å². The maximum Gasteiger partial charge on any atom is 0.384 e. The molecule has 0 N–H and O–H groups in total. The van der Waals surface area contributed by atoms with Gasteiger partial charge in [0.1, 0.15) is 0 Å². The normalized spacial score (nSPS) is 14.7. The Morgan fingerprint density at radius 2 is 2.29 bits per heavy atom. The second-order valence-electron chi connectivity index (χ2n) is 3.11. The van der Waals surface area contributed by atoms with Gasteiger partial charge in [0.15, 0.2) is 0 Å². The Balaban J connectivity index is 2.63. The van der Waals surface area contributed by atoms with Gasteiger partial charge >= 0.3 is 5.97 Å². The fraction of sp³-hybridized carbons (Fsp3) is 0.417. The molecule has 74 valence electrons. The molecule has 0 atom stereocenters. The molecule has 0 aliphatic heterocycles. The number of esters is 1. The monoisotopic (exact) mass is 190 g/mol. The van der Waals surface area contributed by atoms with E-state index in [0.29, 0.717) is 0 Å². The van der Waals surface area contributed by atoms with Gasteiger partial charge < -0.3 is 4.74 Å². The molecule has 1 aliphatic rings. The summed E-state index contributed by atoms with van der Waals surface area (Å²) in [5, 5.41) is 0. The van der Waals surface area contributed by atoms with E-state index in [0.717, 1.165) is 24.8 Å². The van der Waals surface area contributed by atoms with Crippen molar-refractivity contribution in [1.82, 2.24) is 0 Å². The number of ether oxygens (including phenoxy) is 1. The number of hydrogen-bond acceptors (Lipinski definition) is 2. The first-order chi connectivity index (χ1) is 6.76. The molecular weight excluding hydrogens is 176 g/mol. The summed E-state index contributed by atoms with van der Waals surface area (Å²) in [5.74, 6) is 4.76. The van der Waals surface area contributed by atoms with Crippen LogP contribution in [0, 0.1) is 11.8 Å². The van der Waals surface area contributed by atoms with Crippen LogP contribution in [0.5, 0.6) is 0 Å². The summed E-state index contributed by atoms with van der Waals surface area (Å²) in [6.45, 7) is 2.14. The van der Waals surface area contributed by atoms with Crippen molar-refractivity contribution in [2.45, 2.75) is 26.2 Å². The number of carbonyl (C=O) groups is 1. The van der Waals surface area contributed by atoms with Gasteiger partial charge in [-0.05, 0) is 19.3 Å². The first kappa shape index (κ1) is 10.6. The molecular formula is C12H14O2. The zero-order valence-corrected chi connectivity index (χ0v) is 8.59. The molecule has 0 fully saturated rings. The predicted octanol–water partition coefficient (Wildman–Crippen LogP) is 2.22. The summed E-state index contributed by atoms with van der Waals surface area (Å²) in [7, 11) is 1.33. The van der Waals surface area contributed by atoms with Gasteiger partial charge in [0.05, 0.1) is 7.11 Å². The zero-order chi connectivity index (χ0) is 10.4. The zero-order valence-electron chi connectivity index (χ0n) is 8.59. The van der Waals surface area contributed by atoms with Crippen LogP contribution in [0.25, 0.3) is 0 Å². The molecule has 0 saturated carbocycles. The third-order valence-electron chi connectivity index (χ3n) is 2.20. The molecule has 0 aromatic carbocycles. The first-order valence-corrected chi connectivity index (χ1v) is 4.74. The van der Waals surface area contributed by atoms with E-state index in [1.54, 1.807) is 0 Å². The SMILES string of the molecule is CCC1=CC=C(C#CC(=O)OC)CC1. The van der Waals surface area contributed by atoms with Crippen LogP contribution in [0.2, 0.25) is 0 Å². The van der Waals surface area contributed by atoms with Gasteiger partial charge in [0.25, 0.3) is 0 Å². The topological polar surface area (TPSA) is 26.3 Å².